The van der Waals surface area contributed by atoms with E-state index in [4.69, 9.17) is 11.6 Å². The Balaban J connectivity index is 1.70. The maximum absolute atomic E-state index is 12.9. The average molecular weight is 425 g/mol. The summed E-state index contributed by atoms with van der Waals surface area (Å²) in [5, 5.41) is 3.36. The quantitative estimate of drug-likeness (QED) is 0.633. The van der Waals surface area contributed by atoms with Gasteiger partial charge in [-0.3, -0.25) is 4.79 Å². The van der Waals surface area contributed by atoms with Gasteiger partial charge in [0, 0.05) is 35.3 Å². The Labute approximate surface area is 171 Å². The molecule has 1 aliphatic rings. The van der Waals surface area contributed by atoms with Crippen LogP contribution in [-0.4, -0.2) is 29.8 Å². The first kappa shape index (κ1) is 21.2. The predicted octanol–water partition coefficient (Wildman–Crippen LogP) is 5.79. The summed E-state index contributed by atoms with van der Waals surface area (Å²) in [6.07, 6.45) is -3.38. The monoisotopic (exact) mass is 424 g/mol. The van der Waals surface area contributed by atoms with E-state index in [9.17, 15) is 22.8 Å². The number of anilines is 1. The lowest BCUT2D eigenvalue weighted by Gasteiger charge is -2.32. The number of nitrogens with zero attached hydrogens (tertiary/aromatic N) is 1. The molecule has 0 spiro atoms. The highest BCUT2D eigenvalue weighted by atomic mass is 35.5. The fraction of sp³-hybridized carbons (Fsp3) is 0.333. The zero-order valence-corrected chi connectivity index (χ0v) is 16.5. The molecule has 0 bridgehead atoms. The summed E-state index contributed by atoms with van der Waals surface area (Å²) < 4.78 is 38.8. The van der Waals surface area contributed by atoms with Gasteiger partial charge in [-0.25, -0.2) is 4.79 Å². The summed E-state index contributed by atoms with van der Waals surface area (Å²) in [7, 11) is 0. The van der Waals surface area contributed by atoms with E-state index in [0.717, 1.165) is 17.7 Å². The zero-order valence-electron chi connectivity index (χ0n) is 15.7. The minimum Gasteiger partial charge on any atom is -0.324 e. The van der Waals surface area contributed by atoms with Crippen LogP contribution < -0.4 is 5.32 Å². The molecule has 3 rings (SSSR count). The molecule has 0 aromatic heterocycles. The molecule has 0 aliphatic carbocycles. The van der Waals surface area contributed by atoms with Gasteiger partial charge in [0.25, 0.3) is 0 Å². The first-order chi connectivity index (χ1) is 13.6. The third-order valence-electron chi connectivity index (χ3n) is 4.98. The number of carbonyl (C=O) groups is 2. The highest BCUT2D eigenvalue weighted by molar-refractivity contribution is 6.30. The fourth-order valence-corrected chi connectivity index (χ4v) is 3.65. The first-order valence-corrected chi connectivity index (χ1v) is 9.56. The van der Waals surface area contributed by atoms with Crippen LogP contribution in [0.3, 0.4) is 0 Å². The molecule has 1 saturated heterocycles. The lowest BCUT2D eigenvalue weighted by molar-refractivity contribution is -0.137. The molecule has 0 unspecified atom stereocenters. The van der Waals surface area contributed by atoms with Gasteiger partial charge in [-0.15, -0.1) is 0 Å². The number of urea groups is 1. The number of likely N-dealkylation sites (tertiary alicyclic amines) is 1. The zero-order chi connectivity index (χ0) is 21.2. The average Bonchev–Trinajstić information content (AvgIpc) is 2.69. The maximum Gasteiger partial charge on any atom is 0.416 e. The number of rotatable bonds is 3. The van der Waals surface area contributed by atoms with E-state index in [1.54, 1.807) is 18.2 Å². The second-order valence-electron chi connectivity index (χ2n) is 7.12. The van der Waals surface area contributed by atoms with Crippen molar-refractivity contribution in [2.24, 2.45) is 5.92 Å². The number of aryl methyl sites for hydroxylation is 1. The number of halogens is 4. The third kappa shape index (κ3) is 5.09. The molecule has 1 N–H and O–H groups in total. The lowest BCUT2D eigenvalue weighted by atomic mass is 9.89. The van der Waals surface area contributed by atoms with Gasteiger partial charge < -0.3 is 10.2 Å². The van der Waals surface area contributed by atoms with Crippen molar-refractivity contribution in [2.75, 3.05) is 18.4 Å². The standard InChI is InChI=1S/C21H20ClF3N2O2/c1-13-10-17(22)7-8-18(13)26-20(29)27-9-3-5-15(12-27)19(28)14-4-2-6-16(11-14)21(23,24)25/h2,4,6-8,10-11,15H,3,5,9,12H2,1H3,(H,26,29)/t15-/m1/s1. The van der Waals surface area contributed by atoms with Crippen LogP contribution in [0.1, 0.15) is 34.3 Å². The van der Waals surface area contributed by atoms with Crippen LogP contribution >= 0.6 is 11.6 Å². The van der Waals surface area contributed by atoms with Crippen LogP contribution in [0.4, 0.5) is 23.7 Å². The van der Waals surface area contributed by atoms with Gasteiger partial charge in [0.05, 0.1) is 5.56 Å². The molecule has 2 aromatic rings. The van der Waals surface area contributed by atoms with Crippen LogP contribution in [0, 0.1) is 12.8 Å². The molecule has 4 nitrogen and oxygen atoms in total. The Morgan fingerprint density at radius 3 is 2.62 bits per heavy atom. The molecule has 8 heteroatoms. The van der Waals surface area contributed by atoms with Gasteiger partial charge in [-0.1, -0.05) is 23.7 Å². The second-order valence-corrected chi connectivity index (χ2v) is 7.55. The van der Waals surface area contributed by atoms with Crippen LogP contribution in [0.15, 0.2) is 42.5 Å². The number of amides is 2. The molecule has 29 heavy (non-hydrogen) atoms. The number of hydrogen-bond donors (Lipinski definition) is 1. The molecular weight excluding hydrogens is 405 g/mol. The number of Topliss-reactive ketones (excluding diaryl/α,β-unsaturated/α-hetero) is 1. The van der Waals surface area contributed by atoms with E-state index < -0.39 is 17.7 Å². The van der Waals surface area contributed by atoms with Gasteiger partial charge in [-0.05, 0) is 55.7 Å². The molecule has 0 radical (unpaired) electrons. The Bertz CT molecular complexity index is 930. The van der Waals surface area contributed by atoms with Crippen molar-refractivity contribution in [2.45, 2.75) is 25.9 Å². The summed E-state index contributed by atoms with van der Waals surface area (Å²) in [4.78, 5) is 26.9. The molecule has 1 heterocycles. The van der Waals surface area contributed by atoms with E-state index >= 15 is 0 Å². The SMILES string of the molecule is Cc1cc(Cl)ccc1NC(=O)N1CCC[C@@H](C(=O)c2cccc(C(F)(F)F)c2)C1. The smallest absolute Gasteiger partial charge is 0.324 e. The van der Waals surface area contributed by atoms with Gasteiger partial charge in [0.2, 0.25) is 0 Å². The second kappa shape index (κ2) is 8.45. The number of hydrogen-bond acceptors (Lipinski definition) is 2. The van der Waals surface area contributed by atoms with Crippen LogP contribution in [0.25, 0.3) is 0 Å². The van der Waals surface area contributed by atoms with Gasteiger partial charge >= 0.3 is 12.2 Å². The summed E-state index contributed by atoms with van der Waals surface area (Å²) in [5.74, 6) is -0.916. The molecule has 2 amide bonds. The number of carbonyl (C=O) groups excluding carboxylic acids is 2. The lowest BCUT2D eigenvalue weighted by Crippen LogP contribution is -2.44. The minimum atomic E-state index is -4.51. The number of alkyl halides is 3. The Morgan fingerprint density at radius 2 is 1.93 bits per heavy atom. The number of nitrogens with one attached hydrogen (secondary N) is 1. The van der Waals surface area contributed by atoms with Crippen molar-refractivity contribution in [3.63, 3.8) is 0 Å². The molecule has 1 fully saturated rings. The summed E-state index contributed by atoms with van der Waals surface area (Å²) in [6.45, 7) is 2.45. The summed E-state index contributed by atoms with van der Waals surface area (Å²) in [5.41, 5.74) is 0.581. The number of benzene rings is 2. The van der Waals surface area contributed by atoms with Crippen LogP contribution in [-0.2, 0) is 6.18 Å². The van der Waals surface area contributed by atoms with E-state index in [0.29, 0.717) is 30.1 Å². The van der Waals surface area contributed by atoms with Crippen LogP contribution in [0.2, 0.25) is 5.02 Å². The van der Waals surface area contributed by atoms with Crippen molar-refractivity contribution in [3.8, 4) is 0 Å². The van der Waals surface area contributed by atoms with Crippen LogP contribution in [0.5, 0.6) is 0 Å². The van der Waals surface area contributed by atoms with Gasteiger partial charge in [0.15, 0.2) is 5.78 Å². The van der Waals surface area contributed by atoms with Crippen molar-refractivity contribution >= 4 is 29.1 Å². The minimum absolute atomic E-state index is 0.0145. The molecule has 2 aromatic carbocycles. The highest BCUT2D eigenvalue weighted by Gasteiger charge is 2.33. The van der Waals surface area contributed by atoms with Gasteiger partial charge in [0.1, 0.15) is 0 Å². The third-order valence-corrected chi connectivity index (χ3v) is 5.22. The summed E-state index contributed by atoms with van der Waals surface area (Å²) >= 11 is 5.92. The summed E-state index contributed by atoms with van der Waals surface area (Å²) in [6, 6.07) is 9.17. The highest BCUT2D eigenvalue weighted by Crippen LogP contribution is 2.31. The van der Waals surface area contributed by atoms with E-state index in [1.165, 1.54) is 17.0 Å². The van der Waals surface area contributed by atoms with Crippen molar-refractivity contribution in [1.29, 1.82) is 0 Å². The predicted molar refractivity (Wildman–Crippen MR) is 105 cm³/mol. The first-order valence-electron chi connectivity index (χ1n) is 9.18. The molecule has 0 saturated carbocycles. The Morgan fingerprint density at radius 1 is 1.17 bits per heavy atom. The molecular formula is C21H20ClF3N2O2. The fourth-order valence-electron chi connectivity index (χ4n) is 3.42. The van der Waals surface area contributed by atoms with E-state index in [2.05, 4.69) is 5.32 Å². The van der Waals surface area contributed by atoms with Crippen molar-refractivity contribution in [1.82, 2.24) is 4.90 Å². The normalized spacial score (nSPS) is 17.1. The maximum atomic E-state index is 12.9. The number of piperidine rings is 1. The Kier molecular flexibility index (Phi) is 6.17. The van der Waals surface area contributed by atoms with Gasteiger partial charge in [-0.2, -0.15) is 13.2 Å². The molecule has 1 atom stereocenters. The topological polar surface area (TPSA) is 49.4 Å². The number of ketones is 1. The Hall–Kier alpha value is -2.54. The molecule has 154 valence electrons. The van der Waals surface area contributed by atoms with Crippen molar-refractivity contribution in [3.05, 3.63) is 64.2 Å². The molecule has 1 aliphatic heterocycles. The van der Waals surface area contributed by atoms with E-state index in [-0.39, 0.29) is 23.9 Å². The largest absolute Gasteiger partial charge is 0.416 e. The van der Waals surface area contributed by atoms with E-state index in [1.807, 2.05) is 6.92 Å². The van der Waals surface area contributed by atoms with Crippen molar-refractivity contribution < 1.29 is 22.8 Å².